The molecule has 0 aliphatic carbocycles. The van der Waals surface area contributed by atoms with Gasteiger partial charge >= 0.3 is 6.18 Å². The van der Waals surface area contributed by atoms with Gasteiger partial charge in [-0.2, -0.15) is 13.2 Å². The van der Waals surface area contributed by atoms with Crippen LogP contribution in [-0.2, 0) is 12.7 Å². The number of nitrogen functional groups attached to an aromatic ring is 1. The molecule has 0 saturated heterocycles. The van der Waals surface area contributed by atoms with Crippen molar-refractivity contribution in [3.63, 3.8) is 0 Å². The number of hydrogen-bond donors (Lipinski definition) is 2. The fraction of sp³-hybridized carbons (Fsp3) is 0.143. The second-order valence-corrected chi connectivity index (χ2v) is 5.16. The summed E-state index contributed by atoms with van der Waals surface area (Å²) in [5.41, 5.74) is 6.39. The summed E-state index contributed by atoms with van der Waals surface area (Å²) in [6, 6.07) is 10.7. The lowest BCUT2D eigenvalue weighted by Gasteiger charge is -2.15. The predicted molar refractivity (Wildman–Crippen MR) is 77.3 cm³/mol. The van der Waals surface area contributed by atoms with E-state index in [1.807, 2.05) is 0 Å². The molecule has 0 bridgehead atoms. The van der Waals surface area contributed by atoms with E-state index in [0.717, 1.165) is 10.5 Å². The van der Waals surface area contributed by atoms with Crippen molar-refractivity contribution < 1.29 is 13.2 Å². The minimum absolute atomic E-state index is 0.0519. The third-order valence-corrected chi connectivity index (χ3v) is 3.30. The van der Waals surface area contributed by atoms with Crippen molar-refractivity contribution in [1.82, 2.24) is 0 Å². The Morgan fingerprint density at radius 1 is 1.10 bits per heavy atom. The first-order valence-corrected chi connectivity index (χ1v) is 6.61. The molecular formula is C14H12BrF3N2. The van der Waals surface area contributed by atoms with Gasteiger partial charge in [-0.1, -0.05) is 34.1 Å². The highest BCUT2D eigenvalue weighted by molar-refractivity contribution is 9.10. The van der Waals surface area contributed by atoms with Gasteiger partial charge in [0, 0.05) is 11.0 Å². The van der Waals surface area contributed by atoms with Crippen molar-refractivity contribution in [2.45, 2.75) is 12.7 Å². The van der Waals surface area contributed by atoms with Crippen molar-refractivity contribution in [2.24, 2.45) is 0 Å². The number of nitrogens with one attached hydrogen (secondary N) is 1. The summed E-state index contributed by atoms with van der Waals surface area (Å²) in [6.45, 7) is 0.0519. The van der Waals surface area contributed by atoms with Crippen LogP contribution in [0, 0.1) is 0 Å². The summed E-state index contributed by atoms with van der Waals surface area (Å²) in [5.74, 6) is 0. The maximum absolute atomic E-state index is 12.9. The lowest BCUT2D eigenvalue weighted by atomic mass is 10.1. The number of alkyl halides is 3. The number of anilines is 2. The lowest BCUT2D eigenvalue weighted by molar-refractivity contribution is -0.138. The molecule has 0 unspecified atom stereocenters. The molecule has 0 radical (unpaired) electrons. The fourth-order valence-corrected chi connectivity index (χ4v) is 2.18. The molecule has 0 atom stereocenters. The SMILES string of the molecule is Nc1ccc(Br)cc1NCc1ccccc1C(F)(F)F. The van der Waals surface area contributed by atoms with Crippen molar-refractivity contribution >= 4 is 27.3 Å². The Bertz CT molecular complexity index is 612. The summed E-state index contributed by atoms with van der Waals surface area (Å²) >= 11 is 3.29. The second-order valence-electron chi connectivity index (χ2n) is 4.24. The lowest BCUT2D eigenvalue weighted by Crippen LogP contribution is -2.12. The predicted octanol–water partition coefficient (Wildman–Crippen LogP) is 4.66. The van der Waals surface area contributed by atoms with Gasteiger partial charge in [0.1, 0.15) is 0 Å². The number of benzene rings is 2. The highest BCUT2D eigenvalue weighted by Gasteiger charge is 2.32. The van der Waals surface area contributed by atoms with E-state index in [4.69, 9.17) is 5.73 Å². The first-order valence-electron chi connectivity index (χ1n) is 5.82. The minimum atomic E-state index is -4.36. The van der Waals surface area contributed by atoms with E-state index < -0.39 is 11.7 Å². The van der Waals surface area contributed by atoms with Crippen LogP contribution in [0.4, 0.5) is 24.5 Å². The molecule has 2 nitrogen and oxygen atoms in total. The molecule has 106 valence electrons. The molecular weight excluding hydrogens is 333 g/mol. The third kappa shape index (κ3) is 3.45. The van der Waals surface area contributed by atoms with Crippen LogP contribution in [-0.4, -0.2) is 0 Å². The average molecular weight is 345 g/mol. The van der Waals surface area contributed by atoms with Crippen molar-refractivity contribution in [1.29, 1.82) is 0 Å². The summed E-state index contributed by atoms with van der Waals surface area (Å²) in [7, 11) is 0. The average Bonchev–Trinajstić information content (AvgIpc) is 2.39. The standard InChI is InChI=1S/C14H12BrF3N2/c15-10-5-6-12(19)13(7-10)20-8-9-3-1-2-4-11(9)14(16,17)18/h1-7,20H,8,19H2. The third-order valence-electron chi connectivity index (χ3n) is 2.81. The normalized spacial score (nSPS) is 11.4. The van der Waals surface area contributed by atoms with E-state index in [1.54, 1.807) is 24.3 Å². The minimum Gasteiger partial charge on any atom is -0.397 e. The molecule has 0 amide bonds. The van der Waals surface area contributed by atoms with E-state index in [0.29, 0.717) is 11.4 Å². The molecule has 0 aliphatic heterocycles. The maximum Gasteiger partial charge on any atom is 0.416 e. The molecule has 0 spiro atoms. The molecule has 0 heterocycles. The summed E-state index contributed by atoms with van der Waals surface area (Å²) in [4.78, 5) is 0. The smallest absolute Gasteiger partial charge is 0.397 e. The molecule has 20 heavy (non-hydrogen) atoms. The van der Waals surface area contributed by atoms with Crippen molar-refractivity contribution in [2.75, 3.05) is 11.1 Å². The van der Waals surface area contributed by atoms with Crippen LogP contribution >= 0.6 is 15.9 Å². The number of halogens is 4. The Morgan fingerprint density at radius 3 is 2.50 bits per heavy atom. The molecule has 2 rings (SSSR count). The number of hydrogen-bond acceptors (Lipinski definition) is 2. The van der Waals surface area contributed by atoms with Crippen LogP contribution in [0.2, 0.25) is 0 Å². The zero-order chi connectivity index (χ0) is 14.8. The highest BCUT2D eigenvalue weighted by atomic mass is 79.9. The Hall–Kier alpha value is -1.69. The summed E-state index contributed by atoms with van der Waals surface area (Å²) in [6.07, 6.45) is -4.36. The van der Waals surface area contributed by atoms with Crippen LogP contribution < -0.4 is 11.1 Å². The van der Waals surface area contributed by atoms with Gasteiger partial charge in [-0.25, -0.2) is 0 Å². The van der Waals surface area contributed by atoms with Gasteiger partial charge in [0.25, 0.3) is 0 Å². The highest BCUT2D eigenvalue weighted by Crippen LogP contribution is 2.32. The van der Waals surface area contributed by atoms with Gasteiger partial charge in [-0.05, 0) is 29.8 Å². The molecule has 0 aliphatic rings. The van der Waals surface area contributed by atoms with E-state index in [9.17, 15) is 13.2 Å². The summed E-state index contributed by atoms with van der Waals surface area (Å²) in [5, 5.41) is 2.93. The molecule has 0 fully saturated rings. The molecule has 6 heteroatoms. The van der Waals surface area contributed by atoms with Crippen LogP contribution in [0.3, 0.4) is 0 Å². The zero-order valence-corrected chi connectivity index (χ0v) is 11.9. The van der Waals surface area contributed by atoms with Gasteiger partial charge in [-0.15, -0.1) is 0 Å². The zero-order valence-electron chi connectivity index (χ0n) is 10.3. The molecule has 2 aromatic rings. The molecule has 0 saturated carbocycles. The maximum atomic E-state index is 12.9. The Morgan fingerprint density at radius 2 is 1.80 bits per heavy atom. The van der Waals surface area contributed by atoms with E-state index in [1.165, 1.54) is 12.1 Å². The van der Waals surface area contributed by atoms with E-state index in [-0.39, 0.29) is 12.1 Å². The Labute approximate surface area is 122 Å². The largest absolute Gasteiger partial charge is 0.416 e. The van der Waals surface area contributed by atoms with Gasteiger partial charge < -0.3 is 11.1 Å². The quantitative estimate of drug-likeness (QED) is 0.794. The van der Waals surface area contributed by atoms with Gasteiger partial charge in [0.15, 0.2) is 0 Å². The molecule has 2 aromatic carbocycles. The summed E-state index contributed by atoms with van der Waals surface area (Å²) < 4.78 is 39.4. The van der Waals surface area contributed by atoms with E-state index in [2.05, 4.69) is 21.2 Å². The topological polar surface area (TPSA) is 38.0 Å². The van der Waals surface area contributed by atoms with Gasteiger partial charge in [0.2, 0.25) is 0 Å². The van der Waals surface area contributed by atoms with Gasteiger partial charge in [0.05, 0.1) is 16.9 Å². The van der Waals surface area contributed by atoms with Gasteiger partial charge in [-0.3, -0.25) is 0 Å². The molecule has 0 aromatic heterocycles. The Kier molecular flexibility index (Phi) is 4.23. The van der Waals surface area contributed by atoms with Crippen LogP contribution in [0.15, 0.2) is 46.9 Å². The fourth-order valence-electron chi connectivity index (χ4n) is 1.82. The number of nitrogens with two attached hydrogens (primary N) is 1. The van der Waals surface area contributed by atoms with Crippen LogP contribution in [0.25, 0.3) is 0 Å². The van der Waals surface area contributed by atoms with Crippen molar-refractivity contribution in [3.05, 3.63) is 58.1 Å². The second kappa shape index (κ2) is 5.75. The first-order chi connectivity index (χ1) is 9.38. The number of rotatable bonds is 3. The Balaban J connectivity index is 2.21. The van der Waals surface area contributed by atoms with Crippen LogP contribution in [0.5, 0.6) is 0 Å². The van der Waals surface area contributed by atoms with Crippen molar-refractivity contribution in [3.8, 4) is 0 Å². The van der Waals surface area contributed by atoms with Crippen LogP contribution in [0.1, 0.15) is 11.1 Å². The van der Waals surface area contributed by atoms with E-state index >= 15 is 0 Å². The monoisotopic (exact) mass is 344 g/mol. The molecule has 3 N–H and O–H groups in total. The first kappa shape index (κ1) is 14.7.